The summed E-state index contributed by atoms with van der Waals surface area (Å²) in [4.78, 5) is 4.57. The van der Waals surface area contributed by atoms with Gasteiger partial charge in [0, 0.05) is 52.0 Å². The molecule has 0 bridgehead atoms. The van der Waals surface area contributed by atoms with E-state index >= 15 is 0 Å². The largest absolute Gasteiger partial charge is 0.491 e. The standard InChI is InChI=1S/C19H28N6O.H2/c1-13(2)26-14-5-6-16(20)15(11-14)19(21)17-12-18(22-24(17)4)25-9-7-23(3)8-10-25;/h5-6,11-13,21H,7-10,20H2,1-4H3;1H. The highest BCUT2D eigenvalue weighted by Gasteiger charge is 2.20. The van der Waals surface area contributed by atoms with E-state index in [9.17, 15) is 0 Å². The van der Waals surface area contributed by atoms with Gasteiger partial charge in [0.1, 0.15) is 5.75 Å². The predicted octanol–water partition coefficient (Wildman–Crippen LogP) is 2.20. The second-order valence-corrected chi connectivity index (χ2v) is 7.09. The van der Waals surface area contributed by atoms with Gasteiger partial charge < -0.3 is 20.3 Å². The molecule has 1 aromatic carbocycles. The first-order chi connectivity index (χ1) is 12.3. The SMILES string of the molecule is CC(C)Oc1ccc(N)c(C(=N)c2cc(N3CCN(C)CC3)nn2C)c1.[HH]. The smallest absolute Gasteiger partial charge is 0.151 e. The Kier molecular flexibility index (Phi) is 5.18. The molecule has 7 heteroatoms. The van der Waals surface area contributed by atoms with E-state index in [1.54, 1.807) is 10.7 Å². The van der Waals surface area contributed by atoms with Crippen LogP contribution in [0.25, 0.3) is 0 Å². The Balaban J connectivity index is 0.00000261. The van der Waals surface area contributed by atoms with Crippen LogP contribution in [0.15, 0.2) is 24.3 Å². The number of nitrogen functional groups attached to an aromatic ring is 1. The summed E-state index contributed by atoms with van der Waals surface area (Å²) < 4.78 is 7.50. The molecule has 0 spiro atoms. The van der Waals surface area contributed by atoms with Crippen molar-refractivity contribution in [2.75, 3.05) is 43.9 Å². The number of piperazine rings is 1. The molecular weight excluding hydrogens is 328 g/mol. The number of hydrogen-bond acceptors (Lipinski definition) is 6. The summed E-state index contributed by atoms with van der Waals surface area (Å²) in [7, 11) is 4.00. The van der Waals surface area contributed by atoms with Crippen LogP contribution in [0.5, 0.6) is 5.75 Å². The van der Waals surface area contributed by atoms with E-state index in [0.717, 1.165) is 43.4 Å². The van der Waals surface area contributed by atoms with Gasteiger partial charge >= 0.3 is 0 Å². The Morgan fingerprint density at radius 3 is 2.54 bits per heavy atom. The molecule has 2 aromatic rings. The number of likely N-dealkylation sites (N-methyl/N-ethyl adjacent to an activating group) is 1. The fraction of sp³-hybridized carbons (Fsp3) is 0.474. The Morgan fingerprint density at radius 1 is 1.19 bits per heavy atom. The van der Waals surface area contributed by atoms with Gasteiger partial charge in [-0.1, -0.05) is 0 Å². The molecule has 1 fully saturated rings. The molecule has 1 aromatic heterocycles. The van der Waals surface area contributed by atoms with Crippen molar-refractivity contribution in [3.63, 3.8) is 0 Å². The lowest BCUT2D eigenvalue weighted by Crippen LogP contribution is -2.44. The fourth-order valence-electron chi connectivity index (χ4n) is 3.11. The van der Waals surface area contributed by atoms with Crippen molar-refractivity contribution >= 4 is 17.2 Å². The minimum absolute atomic E-state index is 0. The maximum absolute atomic E-state index is 8.67. The average molecular weight is 358 g/mol. The predicted molar refractivity (Wildman–Crippen MR) is 108 cm³/mol. The minimum atomic E-state index is 0. The Hall–Kier alpha value is -2.54. The topological polar surface area (TPSA) is 83.4 Å². The minimum Gasteiger partial charge on any atom is -0.491 e. The Bertz CT molecular complexity index is 795. The molecule has 26 heavy (non-hydrogen) atoms. The maximum atomic E-state index is 8.67. The summed E-state index contributed by atoms with van der Waals surface area (Å²) in [5, 5.41) is 13.3. The van der Waals surface area contributed by atoms with E-state index in [1.807, 2.05) is 39.1 Å². The first kappa shape index (κ1) is 18.3. The number of rotatable bonds is 5. The highest BCUT2D eigenvalue weighted by atomic mass is 16.5. The van der Waals surface area contributed by atoms with Crippen LogP contribution >= 0.6 is 0 Å². The number of anilines is 2. The molecule has 0 amide bonds. The van der Waals surface area contributed by atoms with Crippen LogP contribution < -0.4 is 15.4 Å². The molecule has 0 atom stereocenters. The zero-order valence-corrected chi connectivity index (χ0v) is 16.0. The lowest BCUT2D eigenvalue weighted by atomic mass is 10.0. The summed E-state index contributed by atoms with van der Waals surface area (Å²) in [6.45, 7) is 7.88. The number of nitrogens with two attached hydrogens (primary N) is 1. The Labute approximate surface area is 156 Å². The van der Waals surface area contributed by atoms with E-state index in [-0.39, 0.29) is 7.53 Å². The lowest BCUT2D eigenvalue weighted by molar-refractivity contribution is 0.242. The third kappa shape index (κ3) is 3.83. The highest BCUT2D eigenvalue weighted by molar-refractivity contribution is 6.13. The van der Waals surface area contributed by atoms with Gasteiger partial charge in [0.05, 0.1) is 17.5 Å². The van der Waals surface area contributed by atoms with Crippen LogP contribution in [0.2, 0.25) is 0 Å². The van der Waals surface area contributed by atoms with Crippen molar-refractivity contribution in [3.05, 3.63) is 35.5 Å². The summed E-state index contributed by atoms with van der Waals surface area (Å²) in [6, 6.07) is 7.44. The molecule has 0 saturated carbocycles. The second kappa shape index (κ2) is 7.37. The van der Waals surface area contributed by atoms with Gasteiger partial charge in [-0.15, -0.1) is 0 Å². The number of nitrogens with zero attached hydrogens (tertiary/aromatic N) is 4. The van der Waals surface area contributed by atoms with Gasteiger partial charge in [0.15, 0.2) is 5.82 Å². The van der Waals surface area contributed by atoms with Crippen molar-refractivity contribution in [2.24, 2.45) is 7.05 Å². The first-order valence-electron chi connectivity index (χ1n) is 8.98. The molecule has 1 aliphatic heterocycles. The summed E-state index contributed by atoms with van der Waals surface area (Å²) >= 11 is 0. The maximum Gasteiger partial charge on any atom is 0.151 e. The highest BCUT2D eigenvalue weighted by Crippen LogP contribution is 2.25. The molecule has 3 rings (SSSR count). The molecule has 0 radical (unpaired) electrons. The van der Waals surface area contributed by atoms with Crippen LogP contribution in [-0.2, 0) is 7.05 Å². The van der Waals surface area contributed by atoms with Gasteiger partial charge in [-0.05, 0) is 39.1 Å². The van der Waals surface area contributed by atoms with Gasteiger partial charge in [0.25, 0.3) is 0 Å². The summed E-state index contributed by atoms with van der Waals surface area (Å²) in [5.41, 5.74) is 8.45. The molecule has 1 saturated heterocycles. The zero-order valence-electron chi connectivity index (χ0n) is 16.0. The third-order valence-corrected chi connectivity index (χ3v) is 4.62. The number of benzene rings is 1. The quantitative estimate of drug-likeness (QED) is 0.632. The number of aromatic nitrogens is 2. The van der Waals surface area contributed by atoms with E-state index in [1.165, 1.54) is 0 Å². The number of aryl methyl sites for hydroxylation is 1. The molecule has 0 aliphatic carbocycles. The Morgan fingerprint density at radius 2 is 1.88 bits per heavy atom. The molecular formula is C19H30N6O. The lowest BCUT2D eigenvalue weighted by Gasteiger charge is -2.32. The van der Waals surface area contributed by atoms with Crippen LogP contribution in [0.3, 0.4) is 0 Å². The number of nitrogens with one attached hydrogen (secondary N) is 1. The van der Waals surface area contributed by atoms with E-state index < -0.39 is 0 Å². The average Bonchev–Trinajstić information content (AvgIpc) is 2.98. The molecule has 0 unspecified atom stereocenters. The molecule has 1 aliphatic rings. The van der Waals surface area contributed by atoms with Crippen molar-refractivity contribution in [2.45, 2.75) is 20.0 Å². The van der Waals surface area contributed by atoms with Crippen LogP contribution in [0.4, 0.5) is 11.5 Å². The van der Waals surface area contributed by atoms with Crippen LogP contribution in [-0.4, -0.2) is 59.7 Å². The number of hydrogen-bond donors (Lipinski definition) is 2. The van der Waals surface area contributed by atoms with Gasteiger partial charge in [0.2, 0.25) is 0 Å². The summed E-state index contributed by atoms with van der Waals surface area (Å²) in [6.07, 6.45) is 0.0706. The van der Waals surface area contributed by atoms with Crippen molar-refractivity contribution in [1.82, 2.24) is 14.7 Å². The van der Waals surface area contributed by atoms with Crippen molar-refractivity contribution < 1.29 is 6.16 Å². The van der Waals surface area contributed by atoms with Crippen molar-refractivity contribution in [3.8, 4) is 5.75 Å². The molecule has 7 nitrogen and oxygen atoms in total. The van der Waals surface area contributed by atoms with Gasteiger partial charge in [-0.3, -0.25) is 10.1 Å². The van der Waals surface area contributed by atoms with E-state index in [2.05, 4.69) is 21.9 Å². The second-order valence-electron chi connectivity index (χ2n) is 7.09. The van der Waals surface area contributed by atoms with Crippen molar-refractivity contribution in [1.29, 1.82) is 5.41 Å². The number of ether oxygens (including phenoxy) is 1. The molecule has 142 valence electrons. The summed E-state index contributed by atoms with van der Waals surface area (Å²) in [5.74, 6) is 1.63. The zero-order chi connectivity index (χ0) is 18.8. The normalized spacial score (nSPS) is 15.5. The van der Waals surface area contributed by atoms with Gasteiger partial charge in [-0.2, -0.15) is 5.10 Å². The first-order valence-corrected chi connectivity index (χ1v) is 8.98. The molecule has 3 N–H and O–H groups in total. The van der Waals surface area contributed by atoms with Crippen LogP contribution in [0.1, 0.15) is 26.5 Å². The van der Waals surface area contributed by atoms with E-state index in [4.69, 9.17) is 15.9 Å². The third-order valence-electron chi connectivity index (χ3n) is 4.62. The van der Waals surface area contributed by atoms with E-state index in [0.29, 0.717) is 17.0 Å². The molecule has 2 heterocycles. The van der Waals surface area contributed by atoms with Crippen LogP contribution in [0, 0.1) is 5.41 Å². The fourth-order valence-corrected chi connectivity index (χ4v) is 3.11. The monoisotopic (exact) mass is 358 g/mol. The van der Waals surface area contributed by atoms with Gasteiger partial charge in [-0.25, -0.2) is 0 Å².